The Bertz CT molecular complexity index is 645. The molecule has 0 radical (unpaired) electrons. The lowest BCUT2D eigenvalue weighted by Crippen LogP contribution is -2.23. The van der Waals surface area contributed by atoms with Gasteiger partial charge in [0, 0.05) is 12.7 Å². The van der Waals surface area contributed by atoms with Crippen LogP contribution in [0.15, 0.2) is 29.4 Å². The molecule has 0 aromatic heterocycles. The Labute approximate surface area is 148 Å². The van der Waals surface area contributed by atoms with Crippen LogP contribution in [0.2, 0.25) is 0 Å². The lowest BCUT2D eigenvalue weighted by Gasteiger charge is -2.08. The highest BCUT2D eigenvalue weighted by atomic mass is 32.2. The third-order valence-corrected chi connectivity index (χ3v) is 3.33. The summed E-state index contributed by atoms with van der Waals surface area (Å²) in [5.74, 6) is 0.0645. The number of ether oxygens (including phenoxy) is 3. The highest BCUT2D eigenvalue weighted by Gasteiger charge is 2.37. The molecule has 0 aliphatic carbocycles. The predicted molar refractivity (Wildman–Crippen MR) is 86.5 cm³/mol. The third-order valence-electron chi connectivity index (χ3n) is 2.65. The van der Waals surface area contributed by atoms with Gasteiger partial charge >= 0.3 is 6.18 Å². The van der Waals surface area contributed by atoms with Gasteiger partial charge in [-0.3, -0.25) is 4.55 Å². The molecular formula is C14H20F3NO7S. The average Bonchev–Trinajstić information content (AvgIpc) is 2.54. The van der Waals surface area contributed by atoms with Crippen LogP contribution in [-0.2, 0) is 19.6 Å². The number of nitrogens with zero attached hydrogens (tertiary/aromatic N) is 1. The number of alkyl halides is 3. The van der Waals surface area contributed by atoms with E-state index in [0.29, 0.717) is 19.0 Å². The summed E-state index contributed by atoms with van der Waals surface area (Å²) in [6.45, 7) is 0.764. The van der Waals surface area contributed by atoms with E-state index in [1.54, 1.807) is 0 Å². The first-order chi connectivity index (χ1) is 12.0. The van der Waals surface area contributed by atoms with Gasteiger partial charge in [0.15, 0.2) is 5.71 Å². The number of rotatable bonds is 8. The Kier molecular flexibility index (Phi) is 10.8. The lowest BCUT2D eigenvalue weighted by atomic mass is 10.1. The van der Waals surface area contributed by atoms with Crippen molar-refractivity contribution < 1.29 is 45.6 Å². The standard InChI is InChI=1S/C9H8F3NO2.C5H12O5S/c1-15-7-4-2-6(3-5-7)8(13-14)9(10,11)12;1-9-2-3-10-4-5-11(6,7)8/h2-5,14H,1H3;2-5H2,1H3,(H,6,7,8). The quantitative estimate of drug-likeness (QED) is 0.224. The Morgan fingerprint density at radius 2 is 1.69 bits per heavy atom. The first kappa shape index (κ1) is 24.1. The van der Waals surface area contributed by atoms with Crippen LogP contribution in [0.4, 0.5) is 13.2 Å². The van der Waals surface area contributed by atoms with Gasteiger partial charge in [0.2, 0.25) is 0 Å². The number of methoxy groups -OCH3 is 2. The summed E-state index contributed by atoms with van der Waals surface area (Å²) in [7, 11) is -0.955. The molecule has 1 rings (SSSR count). The second-order valence-electron chi connectivity index (χ2n) is 4.57. The summed E-state index contributed by atoms with van der Waals surface area (Å²) in [5, 5.41) is 10.5. The first-order valence-corrected chi connectivity index (χ1v) is 8.61. The smallest absolute Gasteiger partial charge is 0.437 e. The largest absolute Gasteiger partial charge is 0.497 e. The summed E-state index contributed by atoms with van der Waals surface area (Å²) < 4.78 is 79.5. The third kappa shape index (κ3) is 10.9. The molecule has 0 atom stereocenters. The van der Waals surface area contributed by atoms with Crippen LogP contribution in [0.5, 0.6) is 5.75 Å². The van der Waals surface area contributed by atoms with Crippen molar-refractivity contribution in [3.63, 3.8) is 0 Å². The molecule has 1 aromatic carbocycles. The van der Waals surface area contributed by atoms with Gasteiger partial charge in [0.1, 0.15) is 5.75 Å². The van der Waals surface area contributed by atoms with Gasteiger partial charge in [0.25, 0.3) is 10.1 Å². The predicted octanol–water partition coefficient (Wildman–Crippen LogP) is 1.97. The van der Waals surface area contributed by atoms with Crippen molar-refractivity contribution in [2.45, 2.75) is 6.18 Å². The first-order valence-electron chi connectivity index (χ1n) is 7.00. The zero-order chi connectivity index (χ0) is 20.2. The van der Waals surface area contributed by atoms with Crippen molar-refractivity contribution in [1.29, 1.82) is 0 Å². The summed E-state index contributed by atoms with van der Waals surface area (Å²) in [6, 6.07) is 5.04. The van der Waals surface area contributed by atoms with Gasteiger partial charge in [0.05, 0.1) is 32.7 Å². The van der Waals surface area contributed by atoms with Gasteiger partial charge in [-0.05, 0) is 24.3 Å². The molecule has 0 aliphatic rings. The number of halogens is 3. The zero-order valence-corrected chi connectivity index (χ0v) is 14.9. The SMILES string of the molecule is COCCOCCS(=O)(=O)O.COc1ccc(C(=NO)C(F)(F)F)cc1. The minimum Gasteiger partial charge on any atom is -0.497 e. The van der Waals surface area contributed by atoms with E-state index in [1.807, 2.05) is 0 Å². The van der Waals surface area contributed by atoms with Crippen molar-refractivity contribution in [3.05, 3.63) is 29.8 Å². The fourth-order valence-electron chi connectivity index (χ4n) is 1.44. The molecule has 150 valence electrons. The maximum absolute atomic E-state index is 12.3. The van der Waals surface area contributed by atoms with Crippen LogP contribution in [0.25, 0.3) is 0 Å². The number of oxime groups is 1. The monoisotopic (exact) mass is 403 g/mol. The van der Waals surface area contributed by atoms with Crippen molar-refractivity contribution in [1.82, 2.24) is 0 Å². The number of hydrogen-bond donors (Lipinski definition) is 2. The van der Waals surface area contributed by atoms with E-state index in [-0.39, 0.29) is 17.9 Å². The van der Waals surface area contributed by atoms with Gasteiger partial charge < -0.3 is 19.4 Å². The summed E-state index contributed by atoms with van der Waals surface area (Å²) >= 11 is 0. The minimum atomic E-state index is -4.68. The number of benzene rings is 1. The van der Waals surface area contributed by atoms with Crippen LogP contribution < -0.4 is 4.74 Å². The van der Waals surface area contributed by atoms with E-state index in [4.69, 9.17) is 19.2 Å². The highest BCUT2D eigenvalue weighted by molar-refractivity contribution is 7.85. The molecule has 0 amide bonds. The van der Waals surface area contributed by atoms with E-state index in [2.05, 4.69) is 9.89 Å². The summed E-state index contributed by atoms with van der Waals surface area (Å²) in [4.78, 5) is 0. The Balaban J connectivity index is 0.000000508. The van der Waals surface area contributed by atoms with E-state index in [0.717, 1.165) is 0 Å². The maximum atomic E-state index is 12.3. The second-order valence-corrected chi connectivity index (χ2v) is 6.14. The normalized spacial score (nSPS) is 12.3. The van der Waals surface area contributed by atoms with E-state index in [9.17, 15) is 21.6 Å². The van der Waals surface area contributed by atoms with Crippen LogP contribution in [0.3, 0.4) is 0 Å². The molecular weight excluding hydrogens is 383 g/mol. The van der Waals surface area contributed by atoms with Gasteiger partial charge in [-0.2, -0.15) is 21.6 Å². The van der Waals surface area contributed by atoms with Gasteiger partial charge in [-0.15, -0.1) is 0 Å². The van der Waals surface area contributed by atoms with Crippen LogP contribution in [0.1, 0.15) is 5.56 Å². The number of hydrogen-bond acceptors (Lipinski definition) is 7. The fourth-order valence-corrected chi connectivity index (χ4v) is 1.76. The average molecular weight is 403 g/mol. The highest BCUT2D eigenvalue weighted by Crippen LogP contribution is 2.23. The molecule has 8 nitrogen and oxygen atoms in total. The van der Waals surface area contributed by atoms with Crippen LogP contribution >= 0.6 is 0 Å². The second kappa shape index (κ2) is 11.7. The molecule has 26 heavy (non-hydrogen) atoms. The van der Waals surface area contributed by atoms with Crippen molar-refractivity contribution in [3.8, 4) is 5.75 Å². The molecule has 0 fully saturated rings. The summed E-state index contributed by atoms with van der Waals surface area (Å²) in [5.41, 5.74) is -1.55. The molecule has 0 bridgehead atoms. The Hall–Kier alpha value is -1.89. The Morgan fingerprint density at radius 1 is 1.12 bits per heavy atom. The molecule has 2 N–H and O–H groups in total. The van der Waals surface area contributed by atoms with E-state index >= 15 is 0 Å². The molecule has 12 heteroatoms. The molecule has 1 aromatic rings. The molecule has 0 saturated carbocycles. The van der Waals surface area contributed by atoms with Crippen molar-refractivity contribution in [2.24, 2.45) is 5.16 Å². The fraction of sp³-hybridized carbons (Fsp3) is 0.500. The lowest BCUT2D eigenvalue weighted by molar-refractivity contribution is -0.0601. The van der Waals surface area contributed by atoms with Gasteiger partial charge in [-0.25, -0.2) is 0 Å². The van der Waals surface area contributed by atoms with Gasteiger partial charge in [-0.1, -0.05) is 5.16 Å². The van der Waals surface area contributed by atoms with E-state index < -0.39 is 22.0 Å². The maximum Gasteiger partial charge on any atom is 0.437 e. The molecule has 0 heterocycles. The summed E-state index contributed by atoms with van der Waals surface area (Å²) in [6.07, 6.45) is -4.68. The van der Waals surface area contributed by atoms with Crippen LogP contribution in [0, 0.1) is 0 Å². The molecule has 0 saturated heterocycles. The Morgan fingerprint density at radius 3 is 2.08 bits per heavy atom. The topological polar surface area (TPSA) is 115 Å². The van der Waals surface area contributed by atoms with E-state index in [1.165, 1.54) is 38.5 Å². The molecule has 0 aliphatic heterocycles. The minimum absolute atomic E-state index is 0.00218. The van der Waals surface area contributed by atoms with Crippen molar-refractivity contribution >= 4 is 15.8 Å². The molecule has 0 spiro atoms. The molecule has 0 unspecified atom stereocenters. The zero-order valence-electron chi connectivity index (χ0n) is 14.1. The van der Waals surface area contributed by atoms with Crippen molar-refractivity contribution in [2.75, 3.05) is 39.8 Å². The van der Waals surface area contributed by atoms with Crippen LogP contribution in [-0.4, -0.2) is 69.9 Å².